The van der Waals surface area contributed by atoms with Crippen LogP contribution >= 0.6 is 0 Å². The molecule has 0 atom stereocenters. The van der Waals surface area contributed by atoms with Crippen LogP contribution in [0.15, 0.2) is 52.3 Å². The SMILES string of the molecule is COc1ccc(NC(=O)CCc2ccc(S(N)(=O)=O)cc2)cc1S(N)(=O)=O. The van der Waals surface area contributed by atoms with Crippen molar-refractivity contribution >= 4 is 31.6 Å². The summed E-state index contributed by atoms with van der Waals surface area (Å²) in [5.41, 5.74) is 1.01. The number of amides is 1. The molecule has 2 aromatic rings. The van der Waals surface area contributed by atoms with Gasteiger partial charge in [-0.25, -0.2) is 27.1 Å². The third kappa shape index (κ3) is 5.76. The van der Waals surface area contributed by atoms with Crippen molar-refractivity contribution in [3.8, 4) is 5.75 Å². The average Bonchev–Trinajstić information content (AvgIpc) is 2.59. The summed E-state index contributed by atoms with van der Waals surface area (Å²) in [6.07, 6.45) is 0.459. The topological polar surface area (TPSA) is 159 Å². The first-order valence-corrected chi connectivity index (χ1v) is 10.7. The van der Waals surface area contributed by atoms with Crippen molar-refractivity contribution in [1.82, 2.24) is 0 Å². The van der Waals surface area contributed by atoms with Crippen LogP contribution in [0.5, 0.6) is 5.75 Å². The number of rotatable bonds is 7. The Morgan fingerprint density at radius 3 is 2.15 bits per heavy atom. The lowest BCUT2D eigenvalue weighted by Crippen LogP contribution is -2.16. The van der Waals surface area contributed by atoms with Crippen LogP contribution in [0.1, 0.15) is 12.0 Å². The van der Waals surface area contributed by atoms with Gasteiger partial charge in [-0.15, -0.1) is 0 Å². The maximum absolute atomic E-state index is 12.1. The predicted octanol–water partition coefficient (Wildman–Crippen LogP) is 0.561. The van der Waals surface area contributed by atoms with Gasteiger partial charge in [-0.3, -0.25) is 4.79 Å². The number of sulfonamides is 2. The predicted molar refractivity (Wildman–Crippen MR) is 99.1 cm³/mol. The average molecular weight is 413 g/mol. The van der Waals surface area contributed by atoms with Crippen LogP contribution in [0.3, 0.4) is 0 Å². The number of nitrogens with one attached hydrogen (secondary N) is 1. The fourth-order valence-corrected chi connectivity index (χ4v) is 3.54. The highest BCUT2D eigenvalue weighted by Crippen LogP contribution is 2.26. The van der Waals surface area contributed by atoms with E-state index in [1.54, 1.807) is 12.1 Å². The van der Waals surface area contributed by atoms with Gasteiger partial charge < -0.3 is 10.1 Å². The minimum absolute atomic E-state index is 0.00976. The molecule has 0 aliphatic rings. The fourth-order valence-electron chi connectivity index (χ4n) is 2.30. The molecule has 0 bridgehead atoms. The molecule has 0 saturated carbocycles. The van der Waals surface area contributed by atoms with Crippen LogP contribution in [0, 0.1) is 0 Å². The van der Waals surface area contributed by atoms with E-state index in [4.69, 9.17) is 15.0 Å². The van der Waals surface area contributed by atoms with E-state index in [1.165, 1.54) is 37.4 Å². The van der Waals surface area contributed by atoms with Crippen molar-refractivity contribution in [2.75, 3.05) is 12.4 Å². The van der Waals surface area contributed by atoms with Crippen LogP contribution in [0.2, 0.25) is 0 Å². The molecular formula is C16H19N3O6S2. The number of benzene rings is 2. The summed E-state index contributed by atoms with van der Waals surface area (Å²) in [6.45, 7) is 0. The Morgan fingerprint density at radius 1 is 1.00 bits per heavy atom. The van der Waals surface area contributed by atoms with Crippen LogP contribution in [-0.4, -0.2) is 29.9 Å². The number of hydrogen-bond acceptors (Lipinski definition) is 6. The number of carbonyl (C=O) groups is 1. The quantitative estimate of drug-likeness (QED) is 0.601. The molecule has 2 rings (SSSR count). The summed E-state index contributed by atoms with van der Waals surface area (Å²) in [7, 11) is -6.46. The molecule has 146 valence electrons. The van der Waals surface area contributed by atoms with Gasteiger partial charge in [0, 0.05) is 12.1 Å². The molecular weight excluding hydrogens is 394 g/mol. The molecule has 0 aliphatic carbocycles. The smallest absolute Gasteiger partial charge is 0.241 e. The zero-order chi connectivity index (χ0) is 20.2. The number of hydrogen-bond donors (Lipinski definition) is 3. The maximum atomic E-state index is 12.1. The molecule has 27 heavy (non-hydrogen) atoms. The standard InChI is InChI=1S/C16H19N3O6S2/c1-25-14-8-5-12(10-15(14)27(18,23)24)19-16(20)9-4-11-2-6-13(7-3-11)26(17,21)22/h2-3,5-8,10H,4,9H2,1H3,(H,19,20)(H2,17,21,22)(H2,18,23,24). The van der Waals surface area contributed by atoms with E-state index in [-0.39, 0.29) is 33.6 Å². The minimum Gasteiger partial charge on any atom is -0.495 e. The molecule has 1 amide bonds. The van der Waals surface area contributed by atoms with Crippen LogP contribution in [-0.2, 0) is 31.3 Å². The number of ether oxygens (including phenoxy) is 1. The van der Waals surface area contributed by atoms with E-state index < -0.39 is 20.0 Å². The van der Waals surface area contributed by atoms with E-state index in [9.17, 15) is 21.6 Å². The van der Waals surface area contributed by atoms with Crippen molar-refractivity contribution in [1.29, 1.82) is 0 Å². The summed E-state index contributed by atoms with van der Waals surface area (Å²) >= 11 is 0. The van der Waals surface area contributed by atoms with Crippen LogP contribution < -0.4 is 20.3 Å². The molecule has 0 aliphatic heterocycles. The highest BCUT2D eigenvalue weighted by molar-refractivity contribution is 7.89. The lowest BCUT2D eigenvalue weighted by Gasteiger charge is -2.10. The Balaban J connectivity index is 2.04. The largest absolute Gasteiger partial charge is 0.495 e. The van der Waals surface area contributed by atoms with Gasteiger partial charge in [0.2, 0.25) is 26.0 Å². The fraction of sp³-hybridized carbons (Fsp3) is 0.188. The summed E-state index contributed by atoms with van der Waals surface area (Å²) in [5, 5.41) is 12.7. The summed E-state index contributed by atoms with van der Waals surface area (Å²) in [5.74, 6) is -0.276. The molecule has 0 spiro atoms. The highest BCUT2D eigenvalue weighted by atomic mass is 32.2. The zero-order valence-electron chi connectivity index (χ0n) is 14.4. The molecule has 0 radical (unpaired) electrons. The van der Waals surface area contributed by atoms with Gasteiger partial charge in [0.05, 0.1) is 12.0 Å². The molecule has 0 fully saturated rings. The summed E-state index contributed by atoms with van der Waals surface area (Å²) in [6, 6.07) is 9.97. The molecule has 0 unspecified atom stereocenters. The second kappa shape index (κ2) is 8.05. The van der Waals surface area contributed by atoms with Gasteiger partial charge in [0.1, 0.15) is 10.6 Å². The van der Waals surface area contributed by atoms with Gasteiger partial charge >= 0.3 is 0 Å². The molecule has 0 aromatic heterocycles. The Morgan fingerprint density at radius 2 is 1.63 bits per heavy atom. The van der Waals surface area contributed by atoms with Crippen molar-refractivity contribution in [3.63, 3.8) is 0 Å². The Bertz CT molecular complexity index is 1050. The number of carbonyl (C=O) groups excluding carboxylic acids is 1. The van der Waals surface area contributed by atoms with Crippen molar-refractivity contribution in [2.24, 2.45) is 10.3 Å². The molecule has 2 aromatic carbocycles. The number of methoxy groups -OCH3 is 1. The zero-order valence-corrected chi connectivity index (χ0v) is 16.0. The van der Waals surface area contributed by atoms with Gasteiger partial charge in [-0.05, 0) is 42.3 Å². The number of nitrogens with two attached hydrogens (primary N) is 2. The third-order valence-corrected chi connectivity index (χ3v) is 5.51. The summed E-state index contributed by atoms with van der Waals surface area (Å²) < 4.78 is 50.6. The first-order valence-electron chi connectivity index (χ1n) is 7.63. The molecule has 0 heterocycles. The van der Waals surface area contributed by atoms with E-state index in [2.05, 4.69) is 5.32 Å². The Kier molecular flexibility index (Phi) is 6.21. The van der Waals surface area contributed by atoms with Gasteiger partial charge in [0.25, 0.3) is 0 Å². The second-order valence-electron chi connectivity index (χ2n) is 5.65. The van der Waals surface area contributed by atoms with Crippen LogP contribution in [0.4, 0.5) is 5.69 Å². The lowest BCUT2D eigenvalue weighted by molar-refractivity contribution is -0.116. The van der Waals surface area contributed by atoms with Crippen molar-refractivity contribution in [3.05, 3.63) is 48.0 Å². The van der Waals surface area contributed by atoms with Crippen LogP contribution in [0.25, 0.3) is 0 Å². The Labute approximate surface area is 157 Å². The summed E-state index contributed by atoms with van der Waals surface area (Å²) in [4.78, 5) is 11.8. The van der Waals surface area contributed by atoms with E-state index >= 15 is 0 Å². The molecule has 9 nitrogen and oxygen atoms in total. The second-order valence-corrected chi connectivity index (χ2v) is 8.74. The highest BCUT2D eigenvalue weighted by Gasteiger charge is 2.16. The third-order valence-electron chi connectivity index (χ3n) is 3.65. The lowest BCUT2D eigenvalue weighted by atomic mass is 10.1. The molecule has 11 heteroatoms. The Hall–Kier alpha value is -2.47. The first kappa shape index (κ1) is 20.8. The maximum Gasteiger partial charge on any atom is 0.241 e. The van der Waals surface area contributed by atoms with Crippen molar-refractivity contribution < 1.29 is 26.4 Å². The normalized spacial score (nSPS) is 11.8. The van der Waals surface area contributed by atoms with E-state index in [0.29, 0.717) is 6.42 Å². The number of aryl methyl sites for hydroxylation is 1. The molecule has 0 saturated heterocycles. The minimum atomic E-state index is -4.01. The van der Waals surface area contributed by atoms with Gasteiger partial charge in [0.15, 0.2) is 0 Å². The number of primary sulfonamides is 2. The van der Waals surface area contributed by atoms with Crippen molar-refractivity contribution in [2.45, 2.75) is 22.6 Å². The first-order chi connectivity index (χ1) is 12.5. The number of anilines is 1. The molecule has 5 N–H and O–H groups in total. The monoisotopic (exact) mass is 413 g/mol. The van der Waals surface area contributed by atoms with Gasteiger partial charge in [-0.1, -0.05) is 12.1 Å². The van der Waals surface area contributed by atoms with Gasteiger partial charge in [-0.2, -0.15) is 0 Å². The van der Waals surface area contributed by atoms with E-state index in [1.807, 2.05) is 0 Å². The van der Waals surface area contributed by atoms with E-state index in [0.717, 1.165) is 5.56 Å².